The fraction of sp³-hybridized carbons (Fsp3) is 0.950. The SMILES string of the molecule is COCCN1CCC(C(=O)N2C3CCC2CC(C(C)(C)C)C3)CC1. The van der Waals surface area contributed by atoms with Crippen LogP contribution in [0.5, 0.6) is 0 Å². The van der Waals surface area contributed by atoms with Crippen LogP contribution in [0.1, 0.15) is 59.3 Å². The van der Waals surface area contributed by atoms with Crippen molar-refractivity contribution in [2.45, 2.75) is 71.4 Å². The average molecular weight is 337 g/mol. The number of fused-ring (bicyclic) bond motifs is 2. The zero-order chi connectivity index (χ0) is 17.3. The summed E-state index contributed by atoms with van der Waals surface area (Å²) >= 11 is 0. The van der Waals surface area contributed by atoms with Crippen LogP contribution in [0, 0.1) is 17.3 Å². The first-order valence-electron chi connectivity index (χ1n) is 9.93. The highest BCUT2D eigenvalue weighted by molar-refractivity contribution is 5.80. The molecule has 0 saturated carbocycles. The van der Waals surface area contributed by atoms with Crippen LogP contribution in [-0.2, 0) is 9.53 Å². The van der Waals surface area contributed by atoms with Crippen LogP contribution >= 0.6 is 0 Å². The molecule has 0 N–H and O–H groups in total. The van der Waals surface area contributed by atoms with E-state index in [2.05, 4.69) is 30.6 Å². The van der Waals surface area contributed by atoms with Gasteiger partial charge in [-0.2, -0.15) is 0 Å². The third kappa shape index (κ3) is 3.80. The summed E-state index contributed by atoms with van der Waals surface area (Å²) in [5.74, 6) is 1.51. The van der Waals surface area contributed by atoms with Crippen LogP contribution in [0.3, 0.4) is 0 Å². The number of piperidine rings is 2. The van der Waals surface area contributed by atoms with Crippen LogP contribution in [0.2, 0.25) is 0 Å². The van der Waals surface area contributed by atoms with Crippen LogP contribution < -0.4 is 0 Å². The number of likely N-dealkylation sites (tertiary alicyclic amines) is 1. The Labute approximate surface area is 147 Å². The van der Waals surface area contributed by atoms with E-state index in [1.165, 1.54) is 25.7 Å². The summed E-state index contributed by atoms with van der Waals surface area (Å²) in [7, 11) is 1.76. The lowest BCUT2D eigenvalue weighted by atomic mass is 9.72. The number of hydrogen-bond donors (Lipinski definition) is 0. The Morgan fingerprint density at radius 3 is 2.12 bits per heavy atom. The zero-order valence-corrected chi connectivity index (χ0v) is 16.1. The lowest BCUT2D eigenvalue weighted by Gasteiger charge is -2.45. The molecular weight excluding hydrogens is 300 g/mol. The van der Waals surface area contributed by atoms with E-state index in [4.69, 9.17) is 4.74 Å². The second-order valence-electron chi connectivity index (χ2n) is 9.27. The third-order valence-electron chi connectivity index (χ3n) is 6.76. The normalized spacial score (nSPS) is 32.3. The molecule has 0 radical (unpaired) electrons. The summed E-state index contributed by atoms with van der Waals surface area (Å²) in [5.41, 5.74) is 0.378. The fourth-order valence-corrected chi connectivity index (χ4v) is 5.08. The van der Waals surface area contributed by atoms with Crippen molar-refractivity contribution < 1.29 is 9.53 Å². The standard InChI is InChI=1S/C20H36N2O2/c1-20(2,3)16-13-17-5-6-18(14-16)22(17)19(23)15-7-9-21(10-8-15)11-12-24-4/h15-18H,5-14H2,1-4H3. The molecule has 3 saturated heterocycles. The van der Waals surface area contributed by atoms with E-state index in [1.54, 1.807) is 7.11 Å². The molecule has 24 heavy (non-hydrogen) atoms. The number of nitrogens with zero attached hydrogens (tertiary/aromatic N) is 2. The first-order valence-corrected chi connectivity index (χ1v) is 9.93. The van der Waals surface area contributed by atoms with Gasteiger partial charge in [-0.25, -0.2) is 0 Å². The second-order valence-corrected chi connectivity index (χ2v) is 9.27. The lowest BCUT2D eigenvalue weighted by Crippen LogP contribution is -2.52. The van der Waals surface area contributed by atoms with Gasteiger partial charge in [0.2, 0.25) is 5.91 Å². The molecule has 0 spiro atoms. The maximum atomic E-state index is 13.2. The minimum absolute atomic E-state index is 0.262. The number of methoxy groups -OCH3 is 1. The summed E-state index contributed by atoms with van der Waals surface area (Å²) in [4.78, 5) is 17.9. The predicted octanol–water partition coefficient (Wildman–Crippen LogP) is 3.16. The molecule has 0 aliphatic carbocycles. The molecular formula is C20H36N2O2. The maximum absolute atomic E-state index is 13.2. The average Bonchev–Trinajstić information content (AvgIpc) is 2.81. The Morgan fingerprint density at radius 1 is 1.04 bits per heavy atom. The summed E-state index contributed by atoms with van der Waals surface area (Å²) in [6.07, 6.45) is 6.96. The van der Waals surface area contributed by atoms with Gasteiger partial charge in [0.1, 0.15) is 0 Å². The molecule has 2 bridgehead atoms. The molecule has 0 aromatic carbocycles. The summed E-state index contributed by atoms with van der Waals surface area (Å²) in [5, 5.41) is 0. The van der Waals surface area contributed by atoms with Crippen LogP contribution in [0.25, 0.3) is 0 Å². The first-order chi connectivity index (χ1) is 11.4. The van der Waals surface area contributed by atoms with Gasteiger partial charge in [0.15, 0.2) is 0 Å². The Balaban J connectivity index is 1.55. The number of carbonyl (C=O) groups excluding carboxylic acids is 1. The van der Waals surface area contributed by atoms with Gasteiger partial charge in [0.25, 0.3) is 0 Å². The molecule has 0 aromatic heterocycles. The topological polar surface area (TPSA) is 32.8 Å². The molecule has 2 atom stereocenters. The number of rotatable bonds is 4. The lowest BCUT2D eigenvalue weighted by molar-refractivity contribution is -0.143. The Morgan fingerprint density at radius 2 is 1.62 bits per heavy atom. The Kier molecular flexibility index (Phi) is 5.55. The van der Waals surface area contributed by atoms with E-state index in [0.29, 0.717) is 23.4 Å². The van der Waals surface area contributed by atoms with Gasteiger partial charge in [0, 0.05) is 31.7 Å². The van der Waals surface area contributed by atoms with E-state index in [1.807, 2.05) is 0 Å². The van der Waals surface area contributed by atoms with Crippen molar-refractivity contribution in [2.24, 2.45) is 17.3 Å². The molecule has 1 amide bonds. The highest BCUT2D eigenvalue weighted by Crippen LogP contribution is 2.46. The zero-order valence-electron chi connectivity index (χ0n) is 16.1. The molecule has 4 heteroatoms. The highest BCUT2D eigenvalue weighted by atomic mass is 16.5. The monoisotopic (exact) mass is 336 g/mol. The molecule has 3 aliphatic heterocycles. The van der Waals surface area contributed by atoms with E-state index in [0.717, 1.165) is 45.0 Å². The van der Waals surface area contributed by atoms with Crippen LogP contribution in [0.15, 0.2) is 0 Å². The molecule has 4 nitrogen and oxygen atoms in total. The minimum Gasteiger partial charge on any atom is -0.383 e. The summed E-state index contributed by atoms with van der Waals surface area (Å²) in [6, 6.07) is 1.04. The largest absolute Gasteiger partial charge is 0.383 e. The van der Waals surface area contributed by atoms with Gasteiger partial charge in [-0.3, -0.25) is 4.79 Å². The quantitative estimate of drug-likeness (QED) is 0.790. The molecule has 3 aliphatic rings. The molecule has 2 unspecified atom stereocenters. The number of ether oxygens (including phenoxy) is 1. The number of hydrogen-bond acceptors (Lipinski definition) is 3. The van der Waals surface area contributed by atoms with Crippen LogP contribution in [0.4, 0.5) is 0 Å². The second kappa shape index (κ2) is 7.33. The van der Waals surface area contributed by atoms with Gasteiger partial charge < -0.3 is 14.5 Å². The molecule has 138 valence electrons. The minimum atomic E-state index is 0.262. The summed E-state index contributed by atoms with van der Waals surface area (Å²) in [6.45, 7) is 11.0. The highest BCUT2D eigenvalue weighted by Gasteiger charge is 2.47. The molecule has 3 rings (SSSR count). The van der Waals surface area contributed by atoms with E-state index >= 15 is 0 Å². The molecule has 3 fully saturated rings. The smallest absolute Gasteiger partial charge is 0.226 e. The molecule has 3 heterocycles. The maximum Gasteiger partial charge on any atom is 0.226 e. The van der Waals surface area contributed by atoms with Crippen molar-refractivity contribution in [2.75, 3.05) is 33.4 Å². The van der Waals surface area contributed by atoms with Gasteiger partial charge in [-0.15, -0.1) is 0 Å². The predicted molar refractivity (Wildman–Crippen MR) is 96.9 cm³/mol. The van der Waals surface area contributed by atoms with Gasteiger partial charge in [-0.05, 0) is 62.9 Å². The van der Waals surface area contributed by atoms with Crippen molar-refractivity contribution in [1.82, 2.24) is 9.80 Å². The first kappa shape index (κ1) is 18.2. The van der Waals surface area contributed by atoms with Gasteiger partial charge in [-0.1, -0.05) is 20.8 Å². The third-order valence-corrected chi connectivity index (χ3v) is 6.76. The van der Waals surface area contributed by atoms with E-state index in [-0.39, 0.29) is 5.92 Å². The van der Waals surface area contributed by atoms with Crippen molar-refractivity contribution in [3.8, 4) is 0 Å². The van der Waals surface area contributed by atoms with Gasteiger partial charge in [0.05, 0.1) is 6.61 Å². The van der Waals surface area contributed by atoms with Crippen molar-refractivity contribution in [3.63, 3.8) is 0 Å². The van der Waals surface area contributed by atoms with E-state index < -0.39 is 0 Å². The van der Waals surface area contributed by atoms with E-state index in [9.17, 15) is 4.79 Å². The van der Waals surface area contributed by atoms with Gasteiger partial charge >= 0.3 is 0 Å². The molecule has 0 aromatic rings. The number of amides is 1. The van der Waals surface area contributed by atoms with Crippen molar-refractivity contribution in [3.05, 3.63) is 0 Å². The van der Waals surface area contributed by atoms with Crippen LogP contribution in [-0.4, -0.2) is 61.1 Å². The fourth-order valence-electron chi connectivity index (χ4n) is 5.08. The Bertz CT molecular complexity index is 423. The van der Waals surface area contributed by atoms with Crippen molar-refractivity contribution >= 4 is 5.91 Å². The number of carbonyl (C=O) groups is 1. The Hall–Kier alpha value is -0.610. The van der Waals surface area contributed by atoms with Crippen molar-refractivity contribution in [1.29, 1.82) is 0 Å². The summed E-state index contributed by atoms with van der Waals surface area (Å²) < 4.78 is 5.17.